The van der Waals surface area contributed by atoms with Gasteiger partial charge in [-0.25, -0.2) is 9.37 Å². The van der Waals surface area contributed by atoms with Gasteiger partial charge in [-0.1, -0.05) is 18.2 Å². The van der Waals surface area contributed by atoms with Crippen molar-refractivity contribution in [1.29, 1.82) is 0 Å². The molecule has 0 spiro atoms. The fourth-order valence-corrected chi connectivity index (χ4v) is 2.47. The van der Waals surface area contributed by atoms with Crippen LogP contribution in [-0.4, -0.2) is 21.8 Å². The molecule has 1 aliphatic rings. The number of amides is 1. The normalized spacial score (nSPS) is 14.0. The van der Waals surface area contributed by atoms with Gasteiger partial charge in [0.2, 0.25) is 0 Å². The van der Waals surface area contributed by atoms with E-state index < -0.39 is 0 Å². The molecule has 0 radical (unpaired) electrons. The third-order valence-electron chi connectivity index (χ3n) is 3.52. The molecule has 3 rings (SSSR count). The predicted octanol–water partition coefficient (Wildman–Crippen LogP) is 3.79. The van der Waals surface area contributed by atoms with Crippen LogP contribution < -0.4 is 0 Å². The quantitative estimate of drug-likeness (QED) is 0.787. The highest BCUT2D eigenvalue weighted by atomic mass is 79.9. The Kier molecular flexibility index (Phi) is 4.01. The molecular formula is C16H14BrFN2O. The molecular weight excluding hydrogens is 335 g/mol. The van der Waals surface area contributed by atoms with Gasteiger partial charge < -0.3 is 4.90 Å². The van der Waals surface area contributed by atoms with Crippen LogP contribution in [0.5, 0.6) is 0 Å². The number of rotatable bonds is 4. The Labute approximate surface area is 130 Å². The highest BCUT2D eigenvalue weighted by Crippen LogP contribution is 2.30. The third-order valence-corrected chi connectivity index (χ3v) is 3.99. The van der Waals surface area contributed by atoms with Gasteiger partial charge in [0.15, 0.2) is 0 Å². The summed E-state index contributed by atoms with van der Waals surface area (Å²) in [6.07, 6.45) is 3.50. The molecule has 1 aromatic heterocycles. The van der Waals surface area contributed by atoms with E-state index in [2.05, 4.69) is 20.9 Å². The molecule has 1 saturated carbocycles. The van der Waals surface area contributed by atoms with Crippen molar-refractivity contribution in [2.75, 3.05) is 0 Å². The number of nitrogens with zero attached hydrogens (tertiary/aromatic N) is 2. The number of halogens is 2. The summed E-state index contributed by atoms with van der Waals surface area (Å²) >= 11 is 3.25. The van der Waals surface area contributed by atoms with Crippen molar-refractivity contribution < 1.29 is 9.18 Å². The van der Waals surface area contributed by atoms with E-state index in [0.29, 0.717) is 22.3 Å². The molecule has 2 aromatic rings. The lowest BCUT2D eigenvalue weighted by Crippen LogP contribution is -2.33. The Balaban J connectivity index is 1.83. The van der Waals surface area contributed by atoms with Gasteiger partial charge in [-0.2, -0.15) is 0 Å². The Morgan fingerprint density at radius 2 is 2.05 bits per heavy atom. The second-order valence-corrected chi connectivity index (χ2v) is 5.94. The van der Waals surface area contributed by atoms with Crippen LogP contribution in [0.1, 0.15) is 28.8 Å². The van der Waals surface area contributed by atoms with Crippen LogP contribution >= 0.6 is 15.9 Å². The average molecular weight is 349 g/mol. The van der Waals surface area contributed by atoms with Crippen LogP contribution in [0.15, 0.2) is 47.2 Å². The molecule has 21 heavy (non-hydrogen) atoms. The van der Waals surface area contributed by atoms with Crippen molar-refractivity contribution in [3.63, 3.8) is 0 Å². The van der Waals surface area contributed by atoms with E-state index in [1.54, 1.807) is 41.4 Å². The SMILES string of the molecule is O=C(c1ccc(Br)nc1)N(Cc1ccccc1F)C1CC1. The van der Waals surface area contributed by atoms with Crippen LogP contribution in [0.4, 0.5) is 4.39 Å². The van der Waals surface area contributed by atoms with Gasteiger partial charge in [0.1, 0.15) is 10.4 Å². The van der Waals surface area contributed by atoms with Crippen molar-refractivity contribution in [2.24, 2.45) is 0 Å². The molecule has 3 nitrogen and oxygen atoms in total. The molecule has 0 N–H and O–H groups in total. The highest BCUT2D eigenvalue weighted by Gasteiger charge is 2.33. The lowest BCUT2D eigenvalue weighted by molar-refractivity contribution is 0.0728. The van der Waals surface area contributed by atoms with Crippen molar-refractivity contribution in [3.8, 4) is 0 Å². The first-order chi connectivity index (χ1) is 10.1. The largest absolute Gasteiger partial charge is 0.331 e. The minimum atomic E-state index is -0.273. The van der Waals surface area contributed by atoms with Crippen LogP contribution in [0, 0.1) is 5.82 Å². The summed E-state index contributed by atoms with van der Waals surface area (Å²) in [5, 5.41) is 0. The molecule has 0 saturated heterocycles. The number of benzene rings is 1. The molecule has 1 aliphatic carbocycles. The van der Waals surface area contributed by atoms with Crippen LogP contribution in [0.3, 0.4) is 0 Å². The maximum Gasteiger partial charge on any atom is 0.255 e. The first-order valence-electron chi connectivity index (χ1n) is 6.81. The van der Waals surface area contributed by atoms with E-state index in [0.717, 1.165) is 12.8 Å². The van der Waals surface area contributed by atoms with Gasteiger partial charge in [-0.05, 0) is 47.0 Å². The lowest BCUT2D eigenvalue weighted by Gasteiger charge is -2.22. The molecule has 0 unspecified atom stereocenters. The topological polar surface area (TPSA) is 33.2 Å². The summed E-state index contributed by atoms with van der Waals surface area (Å²) in [5.41, 5.74) is 1.07. The van der Waals surface area contributed by atoms with E-state index in [1.165, 1.54) is 6.07 Å². The van der Waals surface area contributed by atoms with Crippen molar-refractivity contribution in [3.05, 3.63) is 64.1 Å². The van der Waals surface area contributed by atoms with Crippen LogP contribution in [0.2, 0.25) is 0 Å². The summed E-state index contributed by atoms with van der Waals surface area (Å²) in [7, 11) is 0. The van der Waals surface area contributed by atoms with Gasteiger partial charge in [-0.15, -0.1) is 0 Å². The first kappa shape index (κ1) is 14.2. The van der Waals surface area contributed by atoms with Gasteiger partial charge in [0.25, 0.3) is 5.91 Å². The maximum absolute atomic E-state index is 13.8. The standard InChI is InChI=1S/C16H14BrFN2O/c17-15-8-5-11(9-19-15)16(21)20(13-6-7-13)10-12-3-1-2-4-14(12)18/h1-5,8-9,13H,6-7,10H2. The molecule has 1 amide bonds. The highest BCUT2D eigenvalue weighted by molar-refractivity contribution is 9.10. The molecule has 0 atom stereocenters. The minimum absolute atomic E-state index is 0.0965. The second kappa shape index (κ2) is 5.93. The van der Waals surface area contributed by atoms with E-state index >= 15 is 0 Å². The molecule has 0 bridgehead atoms. The lowest BCUT2D eigenvalue weighted by atomic mass is 10.1. The molecule has 1 aromatic carbocycles. The first-order valence-corrected chi connectivity index (χ1v) is 7.60. The smallest absolute Gasteiger partial charge is 0.255 e. The third kappa shape index (κ3) is 3.29. The summed E-state index contributed by atoms with van der Waals surface area (Å²) in [6, 6.07) is 10.3. The number of carbonyl (C=O) groups excluding carboxylic acids is 1. The van der Waals surface area contributed by atoms with Gasteiger partial charge >= 0.3 is 0 Å². The number of pyridine rings is 1. The summed E-state index contributed by atoms with van der Waals surface area (Å²) < 4.78 is 14.5. The second-order valence-electron chi connectivity index (χ2n) is 5.13. The molecule has 5 heteroatoms. The van der Waals surface area contributed by atoms with Crippen molar-refractivity contribution >= 4 is 21.8 Å². The van der Waals surface area contributed by atoms with Crippen LogP contribution in [-0.2, 0) is 6.54 Å². The Hall–Kier alpha value is -1.75. The van der Waals surface area contributed by atoms with Gasteiger partial charge in [-0.3, -0.25) is 4.79 Å². The zero-order valence-corrected chi connectivity index (χ0v) is 12.9. The molecule has 1 heterocycles. The summed E-state index contributed by atoms with van der Waals surface area (Å²) in [4.78, 5) is 18.4. The average Bonchev–Trinajstić information content (AvgIpc) is 3.31. The van der Waals surface area contributed by atoms with Gasteiger partial charge in [0.05, 0.1) is 5.56 Å². The number of hydrogen-bond acceptors (Lipinski definition) is 2. The molecule has 1 fully saturated rings. The van der Waals surface area contributed by atoms with E-state index in [1.807, 2.05) is 0 Å². The maximum atomic E-state index is 13.8. The summed E-state index contributed by atoms with van der Waals surface area (Å²) in [6.45, 7) is 0.298. The Morgan fingerprint density at radius 3 is 2.67 bits per heavy atom. The molecule has 108 valence electrons. The van der Waals surface area contributed by atoms with E-state index in [9.17, 15) is 9.18 Å². The van der Waals surface area contributed by atoms with Crippen molar-refractivity contribution in [2.45, 2.75) is 25.4 Å². The van der Waals surface area contributed by atoms with Crippen LogP contribution in [0.25, 0.3) is 0 Å². The Morgan fingerprint density at radius 1 is 1.29 bits per heavy atom. The molecule has 0 aliphatic heterocycles. The number of carbonyl (C=O) groups is 1. The fraction of sp³-hybridized carbons (Fsp3) is 0.250. The fourth-order valence-electron chi connectivity index (χ4n) is 2.23. The predicted molar refractivity (Wildman–Crippen MR) is 81.2 cm³/mol. The summed E-state index contributed by atoms with van der Waals surface area (Å²) in [5.74, 6) is -0.370. The van der Waals surface area contributed by atoms with E-state index in [4.69, 9.17) is 0 Å². The Bertz CT molecular complexity index is 656. The monoisotopic (exact) mass is 348 g/mol. The van der Waals surface area contributed by atoms with Crippen molar-refractivity contribution in [1.82, 2.24) is 9.88 Å². The zero-order chi connectivity index (χ0) is 14.8. The number of aromatic nitrogens is 1. The van der Waals surface area contributed by atoms with E-state index in [-0.39, 0.29) is 17.8 Å². The minimum Gasteiger partial charge on any atom is -0.331 e. The number of hydrogen-bond donors (Lipinski definition) is 0. The zero-order valence-electron chi connectivity index (χ0n) is 11.3. The van der Waals surface area contributed by atoms with Gasteiger partial charge in [0, 0.05) is 24.3 Å².